The van der Waals surface area contributed by atoms with Crippen molar-refractivity contribution in [2.75, 3.05) is 0 Å². The average molecular weight is 275 g/mol. The molecule has 0 aromatic carbocycles. The van der Waals surface area contributed by atoms with E-state index in [0.29, 0.717) is 6.04 Å². The molecular weight excluding hydrogens is 262 g/mol. The summed E-state index contributed by atoms with van der Waals surface area (Å²) in [5, 5.41) is 0. The minimum atomic E-state index is 0. The summed E-state index contributed by atoms with van der Waals surface area (Å²) in [6.45, 7) is 8.38. The number of hydrogen-bond donors (Lipinski definition) is 0. The second kappa shape index (κ2) is 6.43. The monoisotopic (exact) mass is 275 g/mol. The first-order valence-electron chi connectivity index (χ1n) is 3.61. The maximum Gasteiger partial charge on any atom is 0 e. The molecule has 0 spiro atoms. The second-order valence-electron chi connectivity index (χ2n) is 2.91. The third-order valence-corrected chi connectivity index (χ3v) is 1.53. The van der Waals surface area contributed by atoms with E-state index in [1.807, 2.05) is 6.92 Å². The molecule has 0 aliphatic rings. The quantitative estimate of drug-likeness (QED) is 0.693. The third kappa shape index (κ3) is 3.79. The number of aromatic nitrogens is 1. The van der Waals surface area contributed by atoms with Crippen molar-refractivity contribution < 1.29 is 51.3 Å². The molecule has 0 aliphatic heterocycles. The number of aryl methyl sites for hydroxylation is 2. The van der Waals surface area contributed by atoms with Gasteiger partial charge in [0, 0.05) is 51.3 Å². The molecule has 12 heavy (non-hydrogen) atoms. The van der Waals surface area contributed by atoms with E-state index in [4.69, 9.17) is 0 Å². The van der Waals surface area contributed by atoms with Crippen LogP contribution in [0, 0.1) is 26.1 Å². The van der Waals surface area contributed by atoms with E-state index in [1.165, 1.54) is 5.69 Å². The van der Waals surface area contributed by atoms with E-state index >= 15 is 0 Å². The van der Waals surface area contributed by atoms with Gasteiger partial charge in [-0.15, -0.1) is 6.92 Å². The standard InChI is InChI=1S/C9H13N.V.Y/c1-7(2)10-6-8(3)5-9(10)4;;/h7H,1-4H3;;/q-2;;. The summed E-state index contributed by atoms with van der Waals surface area (Å²) >= 11 is 0. The summed E-state index contributed by atoms with van der Waals surface area (Å²) in [6, 6.07) is 3.70. The van der Waals surface area contributed by atoms with Crippen LogP contribution in [0.5, 0.6) is 0 Å². The third-order valence-electron chi connectivity index (χ3n) is 1.53. The van der Waals surface area contributed by atoms with Crippen molar-refractivity contribution in [2.45, 2.75) is 33.7 Å². The minimum Gasteiger partial charge on any atom is -0.558 e. The Kier molecular flexibility index (Phi) is 8.27. The topological polar surface area (TPSA) is 4.93 Å². The van der Waals surface area contributed by atoms with E-state index < -0.39 is 0 Å². The fourth-order valence-electron chi connectivity index (χ4n) is 1.14. The van der Waals surface area contributed by atoms with Crippen molar-refractivity contribution in [3.05, 3.63) is 23.5 Å². The van der Waals surface area contributed by atoms with Gasteiger partial charge in [0.25, 0.3) is 0 Å². The molecule has 0 unspecified atom stereocenters. The van der Waals surface area contributed by atoms with Gasteiger partial charge in [-0.1, -0.05) is 6.92 Å². The van der Waals surface area contributed by atoms with Crippen molar-refractivity contribution in [1.29, 1.82) is 0 Å². The first kappa shape index (κ1) is 15.4. The van der Waals surface area contributed by atoms with Crippen LogP contribution >= 0.6 is 0 Å². The van der Waals surface area contributed by atoms with Gasteiger partial charge in [0.2, 0.25) is 0 Å². The second-order valence-corrected chi connectivity index (χ2v) is 2.91. The van der Waals surface area contributed by atoms with Gasteiger partial charge in [0.05, 0.1) is 0 Å². The molecule has 0 atom stereocenters. The average Bonchev–Trinajstić information content (AvgIpc) is 2.10. The molecule has 1 aromatic rings. The Morgan fingerprint density at radius 2 is 1.75 bits per heavy atom. The predicted octanol–water partition coefficient (Wildman–Crippen LogP) is 2.28. The van der Waals surface area contributed by atoms with Crippen molar-refractivity contribution in [1.82, 2.24) is 4.57 Å². The molecule has 1 heterocycles. The van der Waals surface area contributed by atoms with E-state index in [0.717, 1.165) is 5.56 Å². The molecule has 2 radical (unpaired) electrons. The molecule has 0 N–H and O–H groups in total. The maximum atomic E-state index is 3.20. The van der Waals surface area contributed by atoms with Crippen LogP contribution in [0.15, 0.2) is 0 Å². The van der Waals surface area contributed by atoms with Gasteiger partial charge in [-0.2, -0.15) is 0 Å². The van der Waals surface area contributed by atoms with Crippen LogP contribution in [0.1, 0.15) is 31.1 Å². The zero-order chi connectivity index (χ0) is 7.72. The molecule has 0 saturated heterocycles. The van der Waals surface area contributed by atoms with Gasteiger partial charge in [0.1, 0.15) is 0 Å². The largest absolute Gasteiger partial charge is 0.558 e. The number of nitrogens with zero attached hydrogens (tertiary/aromatic N) is 1. The SMILES string of the molecule is Cc1[c-]c(C)n(C(C)C)[c-]1.[V].[Y]. The predicted molar refractivity (Wildman–Crippen MR) is 42.0 cm³/mol. The zero-order valence-corrected chi connectivity index (χ0v) is 12.3. The smallest absolute Gasteiger partial charge is 0 e. The van der Waals surface area contributed by atoms with E-state index in [2.05, 4.69) is 37.6 Å². The molecule has 0 fully saturated rings. The minimum absolute atomic E-state index is 0. The van der Waals surface area contributed by atoms with Crippen molar-refractivity contribution in [3.63, 3.8) is 0 Å². The molecule has 64 valence electrons. The van der Waals surface area contributed by atoms with Crippen LogP contribution in [0.3, 0.4) is 0 Å². The maximum absolute atomic E-state index is 3.20. The Balaban J connectivity index is 0. The molecule has 1 rings (SSSR count). The summed E-state index contributed by atoms with van der Waals surface area (Å²) in [7, 11) is 0. The van der Waals surface area contributed by atoms with Gasteiger partial charge in [-0.05, 0) is 19.9 Å². The van der Waals surface area contributed by atoms with Gasteiger partial charge < -0.3 is 22.4 Å². The first-order valence-corrected chi connectivity index (χ1v) is 3.61. The molecule has 1 nitrogen and oxygen atoms in total. The first-order chi connectivity index (χ1) is 4.61. The normalized spacial score (nSPS) is 9.08. The van der Waals surface area contributed by atoms with Crippen LogP contribution < -0.4 is 0 Å². The number of rotatable bonds is 1. The van der Waals surface area contributed by atoms with E-state index in [9.17, 15) is 0 Å². The number of hydrogen-bond acceptors (Lipinski definition) is 0. The van der Waals surface area contributed by atoms with Crippen LogP contribution in [0.25, 0.3) is 0 Å². The molecule has 1 aromatic heterocycles. The fraction of sp³-hybridized carbons (Fsp3) is 0.556. The zero-order valence-electron chi connectivity index (χ0n) is 8.05. The van der Waals surface area contributed by atoms with Crippen molar-refractivity contribution >= 4 is 0 Å². The fourth-order valence-corrected chi connectivity index (χ4v) is 1.14. The van der Waals surface area contributed by atoms with Crippen LogP contribution in [-0.4, -0.2) is 4.57 Å². The van der Waals surface area contributed by atoms with E-state index in [-0.39, 0.29) is 51.3 Å². The van der Waals surface area contributed by atoms with Crippen LogP contribution in [-0.2, 0) is 51.3 Å². The summed E-state index contributed by atoms with van der Waals surface area (Å²) in [5.41, 5.74) is 2.28. The Hall–Kier alpha value is 0.968. The summed E-state index contributed by atoms with van der Waals surface area (Å²) in [5.74, 6) is 0. The Bertz CT molecular complexity index is 230. The Labute approximate surface area is 112 Å². The van der Waals surface area contributed by atoms with Crippen molar-refractivity contribution in [3.8, 4) is 0 Å². The van der Waals surface area contributed by atoms with Gasteiger partial charge in [-0.25, -0.2) is 5.69 Å². The molecule has 0 saturated carbocycles. The molecular formula is C9H13NVY-2. The summed E-state index contributed by atoms with van der Waals surface area (Å²) in [4.78, 5) is 0. The summed E-state index contributed by atoms with van der Waals surface area (Å²) < 4.78 is 2.11. The molecule has 3 heteroatoms. The van der Waals surface area contributed by atoms with Gasteiger partial charge in [0.15, 0.2) is 0 Å². The Morgan fingerprint density at radius 1 is 1.25 bits per heavy atom. The van der Waals surface area contributed by atoms with Crippen LogP contribution in [0.4, 0.5) is 0 Å². The van der Waals surface area contributed by atoms with Crippen LogP contribution in [0.2, 0.25) is 0 Å². The Morgan fingerprint density at radius 3 is 1.92 bits per heavy atom. The van der Waals surface area contributed by atoms with Gasteiger partial charge >= 0.3 is 0 Å². The van der Waals surface area contributed by atoms with E-state index in [1.54, 1.807) is 0 Å². The molecule has 0 amide bonds. The molecule has 0 aliphatic carbocycles. The van der Waals surface area contributed by atoms with Gasteiger partial charge in [-0.3, -0.25) is 0 Å². The molecule has 0 bridgehead atoms. The summed E-state index contributed by atoms with van der Waals surface area (Å²) in [6.07, 6.45) is 3.20. The van der Waals surface area contributed by atoms with Crippen molar-refractivity contribution in [2.24, 2.45) is 0 Å².